The number of ether oxygens (including phenoxy) is 1. The highest BCUT2D eigenvalue weighted by atomic mass is 16.5. The molecule has 0 radical (unpaired) electrons. The van der Waals surface area contributed by atoms with E-state index in [4.69, 9.17) is 4.74 Å². The van der Waals surface area contributed by atoms with Crippen LogP contribution in [-0.2, 0) is 4.79 Å². The van der Waals surface area contributed by atoms with Gasteiger partial charge in [-0.3, -0.25) is 9.89 Å². The minimum atomic E-state index is 0.166. The lowest BCUT2D eigenvalue weighted by molar-refractivity contribution is -0.130. The number of aromatic amines is 1. The normalized spacial score (nSPS) is 15.7. The van der Waals surface area contributed by atoms with Crippen LogP contribution in [0.15, 0.2) is 24.4 Å². The van der Waals surface area contributed by atoms with Crippen LogP contribution in [0, 0.1) is 12.8 Å². The highest BCUT2D eigenvalue weighted by molar-refractivity contribution is 5.73. The third kappa shape index (κ3) is 3.70. The third-order valence-electron chi connectivity index (χ3n) is 4.35. The first kappa shape index (κ1) is 15.5. The molecule has 1 aliphatic rings. The van der Waals surface area contributed by atoms with Crippen molar-refractivity contribution in [2.75, 3.05) is 19.7 Å². The summed E-state index contributed by atoms with van der Waals surface area (Å²) < 4.78 is 5.95. The molecule has 0 aliphatic carbocycles. The maximum atomic E-state index is 11.3. The van der Waals surface area contributed by atoms with Gasteiger partial charge in [0.15, 0.2) is 0 Å². The Morgan fingerprint density at radius 1 is 1.35 bits per heavy atom. The van der Waals surface area contributed by atoms with E-state index in [9.17, 15) is 4.79 Å². The fraction of sp³-hybridized carbons (Fsp3) is 0.471. The Kier molecular flexibility index (Phi) is 4.60. The summed E-state index contributed by atoms with van der Waals surface area (Å²) in [6.07, 6.45) is 3.71. The van der Waals surface area contributed by atoms with Crippen molar-refractivity contribution in [1.29, 1.82) is 0 Å². The molecule has 0 unspecified atom stereocenters. The van der Waals surface area contributed by atoms with Gasteiger partial charge in [-0.25, -0.2) is 4.98 Å². The summed E-state index contributed by atoms with van der Waals surface area (Å²) in [6.45, 7) is 5.93. The van der Waals surface area contributed by atoms with E-state index in [0.717, 1.165) is 48.8 Å². The smallest absolute Gasteiger partial charge is 0.219 e. The predicted octanol–water partition coefficient (Wildman–Crippen LogP) is 2.42. The number of rotatable bonds is 4. The average Bonchev–Trinajstić information content (AvgIpc) is 3.08. The number of carbonyl (C=O) groups excluding carboxylic acids is 1. The second kappa shape index (κ2) is 6.81. The summed E-state index contributed by atoms with van der Waals surface area (Å²) in [4.78, 5) is 17.8. The van der Waals surface area contributed by atoms with Crippen LogP contribution in [0.1, 0.15) is 25.5 Å². The quantitative estimate of drug-likeness (QED) is 0.941. The Morgan fingerprint density at radius 2 is 2.13 bits per heavy atom. The largest absolute Gasteiger partial charge is 0.491 e. The second-order valence-corrected chi connectivity index (χ2v) is 6.01. The highest BCUT2D eigenvalue weighted by Crippen LogP contribution is 2.23. The molecule has 1 saturated heterocycles. The number of H-pyrrole nitrogens is 1. The lowest BCUT2D eigenvalue weighted by Crippen LogP contribution is -2.38. The SMILES string of the molecule is CC(=O)N1CCC(COc2ccc(-c3ccn[nH]3)nc2C)CC1. The van der Waals surface area contributed by atoms with Gasteiger partial charge in [0.25, 0.3) is 0 Å². The molecular weight excluding hydrogens is 292 g/mol. The van der Waals surface area contributed by atoms with E-state index < -0.39 is 0 Å². The fourth-order valence-electron chi connectivity index (χ4n) is 2.87. The first-order chi connectivity index (χ1) is 11.1. The van der Waals surface area contributed by atoms with Crippen molar-refractivity contribution in [2.24, 2.45) is 5.92 Å². The van der Waals surface area contributed by atoms with Gasteiger partial charge in [-0.05, 0) is 43.9 Å². The molecule has 0 saturated carbocycles. The molecular formula is C17H22N4O2. The Balaban J connectivity index is 1.56. The number of carbonyl (C=O) groups is 1. The molecule has 0 spiro atoms. The standard InChI is InChI=1S/C17H22N4O2/c1-12-17(4-3-15(19-12)16-5-8-18-20-16)23-11-14-6-9-21(10-7-14)13(2)22/h3-5,8,14H,6-7,9-11H2,1-2H3,(H,18,20). The van der Waals surface area contributed by atoms with Gasteiger partial charge in [-0.2, -0.15) is 5.10 Å². The van der Waals surface area contributed by atoms with Crippen molar-refractivity contribution in [3.8, 4) is 17.1 Å². The molecule has 0 atom stereocenters. The van der Waals surface area contributed by atoms with E-state index in [-0.39, 0.29) is 5.91 Å². The minimum absolute atomic E-state index is 0.166. The molecule has 3 rings (SSSR count). The number of amides is 1. The number of hydrogen-bond acceptors (Lipinski definition) is 4. The van der Waals surface area contributed by atoms with Gasteiger partial charge < -0.3 is 9.64 Å². The summed E-state index contributed by atoms with van der Waals surface area (Å²) in [5, 5.41) is 6.85. The maximum Gasteiger partial charge on any atom is 0.219 e. The number of nitrogens with zero attached hydrogens (tertiary/aromatic N) is 3. The van der Waals surface area contributed by atoms with E-state index in [1.54, 1.807) is 13.1 Å². The lowest BCUT2D eigenvalue weighted by Gasteiger charge is -2.31. The summed E-state index contributed by atoms with van der Waals surface area (Å²) in [6, 6.07) is 5.79. The number of aryl methyl sites for hydroxylation is 1. The molecule has 1 aliphatic heterocycles. The molecule has 1 amide bonds. The van der Waals surface area contributed by atoms with Gasteiger partial charge in [-0.1, -0.05) is 0 Å². The van der Waals surface area contributed by atoms with Gasteiger partial charge in [0.05, 0.1) is 23.7 Å². The molecule has 3 heterocycles. The summed E-state index contributed by atoms with van der Waals surface area (Å²) >= 11 is 0. The van der Waals surface area contributed by atoms with Crippen LogP contribution in [0.3, 0.4) is 0 Å². The average molecular weight is 314 g/mol. The number of likely N-dealkylation sites (tertiary alicyclic amines) is 1. The summed E-state index contributed by atoms with van der Waals surface area (Å²) in [7, 11) is 0. The van der Waals surface area contributed by atoms with E-state index in [1.807, 2.05) is 30.0 Å². The molecule has 1 N–H and O–H groups in total. The van der Waals surface area contributed by atoms with E-state index >= 15 is 0 Å². The third-order valence-corrected chi connectivity index (χ3v) is 4.35. The molecule has 122 valence electrons. The summed E-state index contributed by atoms with van der Waals surface area (Å²) in [5.41, 5.74) is 2.64. The molecule has 1 fully saturated rings. The van der Waals surface area contributed by atoms with Crippen molar-refractivity contribution in [3.63, 3.8) is 0 Å². The Hall–Kier alpha value is -2.37. The van der Waals surface area contributed by atoms with Crippen LogP contribution in [0.4, 0.5) is 0 Å². The zero-order chi connectivity index (χ0) is 16.2. The van der Waals surface area contributed by atoms with Crippen molar-refractivity contribution in [3.05, 3.63) is 30.1 Å². The number of hydrogen-bond donors (Lipinski definition) is 1. The lowest BCUT2D eigenvalue weighted by atomic mass is 9.98. The van der Waals surface area contributed by atoms with Crippen molar-refractivity contribution in [1.82, 2.24) is 20.1 Å². The van der Waals surface area contributed by atoms with Crippen LogP contribution in [-0.4, -0.2) is 45.7 Å². The van der Waals surface area contributed by atoms with Crippen LogP contribution in [0.5, 0.6) is 5.75 Å². The van der Waals surface area contributed by atoms with E-state index in [2.05, 4.69) is 15.2 Å². The molecule has 0 aromatic carbocycles. The van der Waals surface area contributed by atoms with Gasteiger partial charge >= 0.3 is 0 Å². The number of nitrogens with one attached hydrogen (secondary N) is 1. The Bertz CT molecular complexity index is 661. The molecule has 23 heavy (non-hydrogen) atoms. The summed E-state index contributed by atoms with van der Waals surface area (Å²) in [5.74, 6) is 1.48. The zero-order valence-electron chi connectivity index (χ0n) is 13.6. The monoisotopic (exact) mass is 314 g/mol. The first-order valence-electron chi connectivity index (χ1n) is 7.99. The number of aromatic nitrogens is 3. The molecule has 2 aromatic rings. The predicted molar refractivity (Wildman–Crippen MR) is 87.0 cm³/mol. The van der Waals surface area contributed by atoms with Crippen molar-refractivity contribution < 1.29 is 9.53 Å². The van der Waals surface area contributed by atoms with Crippen molar-refractivity contribution in [2.45, 2.75) is 26.7 Å². The van der Waals surface area contributed by atoms with Crippen LogP contribution < -0.4 is 4.74 Å². The molecule has 6 nitrogen and oxygen atoms in total. The van der Waals surface area contributed by atoms with E-state index in [0.29, 0.717) is 12.5 Å². The highest BCUT2D eigenvalue weighted by Gasteiger charge is 2.21. The molecule has 6 heteroatoms. The first-order valence-corrected chi connectivity index (χ1v) is 7.99. The fourth-order valence-corrected chi connectivity index (χ4v) is 2.87. The van der Waals surface area contributed by atoms with Gasteiger partial charge in [0.1, 0.15) is 5.75 Å². The number of piperidine rings is 1. The van der Waals surface area contributed by atoms with Crippen LogP contribution in [0.25, 0.3) is 11.4 Å². The maximum absolute atomic E-state index is 11.3. The van der Waals surface area contributed by atoms with Crippen LogP contribution >= 0.6 is 0 Å². The zero-order valence-corrected chi connectivity index (χ0v) is 13.6. The molecule has 2 aromatic heterocycles. The van der Waals surface area contributed by atoms with Crippen LogP contribution in [0.2, 0.25) is 0 Å². The Morgan fingerprint density at radius 3 is 2.74 bits per heavy atom. The topological polar surface area (TPSA) is 71.1 Å². The van der Waals surface area contributed by atoms with Gasteiger partial charge in [0.2, 0.25) is 5.91 Å². The molecule has 0 bridgehead atoms. The second-order valence-electron chi connectivity index (χ2n) is 6.01. The van der Waals surface area contributed by atoms with E-state index in [1.165, 1.54) is 0 Å². The minimum Gasteiger partial charge on any atom is -0.491 e. The van der Waals surface area contributed by atoms with Crippen molar-refractivity contribution >= 4 is 5.91 Å². The number of pyridine rings is 1. The Labute approximate surface area is 135 Å². The van der Waals surface area contributed by atoms with Gasteiger partial charge in [-0.15, -0.1) is 0 Å². The van der Waals surface area contributed by atoms with Gasteiger partial charge in [0, 0.05) is 26.2 Å².